The van der Waals surface area contributed by atoms with E-state index in [2.05, 4.69) is 7.72 Å². The van der Waals surface area contributed by atoms with Crippen LogP contribution in [0.2, 0.25) is 0 Å². The van der Waals surface area contributed by atoms with Crippen LogP contribution in [0.4, 0.5) is 5.02 Å². The Hall–Kier alpha value is 1.37. The molecular weight excluding hydrogens is 495 g/mol. The number of hydrogen-bond donors (Lipinski definition) is 0. The van der Waals surface area contributed by atoms with Gasteiger partial charge in [0.2, 0.25) is 0 Å². The Morgan fingerprint density at radius 3 is 1.29 bits per heavy atom. The molecule has 0 rings (SSSR count). The maximum absolute atomic E-state index is 9.82. The van der Waals surface area contributed by atoms with E-state index in [4.69, 9.17) is 7.39 Å². The zero-order valence-corrected chi connectivity index (χ0v) is 10.9. The molecule has 0 aromatic heterocycles. The molecule has 7 heavy (non-hydrogen) atoms. The van der Waals surface area contributed by atoms with E-state index in [1.807, 2.05) is 0 Å². The summed E-state index contributed by atoms with van der Waals surface area (Å²) in [4.78, 5) is 0. The molecule has 0 saturated heterocycles. The zero-order valence-electron chi connectivity index (χ0n) is 3.15. The molecule has 0 atom stereocenters. The van der Waals surface area contributed by atoms with Crippen LogP contribution in [-0.2, 0) is 7.39 Å². The molecule has 0 unspecified atom stereocenters. The fourth-order valence-electron chi connectivity index (χ4n) is 0. The van der Waals surface area contributed by atoms with Crippen molar-refractivity contribution in [1.82, 2.24) is 0 Å². The Kier molecular flexibility index (Phi) is 120. The Morgan fingerprint density at radius 1 is 1.29 bits per heavy atom. The molecule has 0 aliphatic carbocycles. The van der Waals surface area contributed by atoms with Gasteiger partial charge in [0.25, 0.3) is 0 Å². The Balaban J connectivity index is -0.0000000360. The van der Waals surface area contributed by atoms with Crippen molar-refractivity contribution in [3.05, 3.63) is 0 Å². The van der Waals surface area contributed by atoms with Crippen LogP contribution in [0.1, 0.15) is 0 Å². The normalized spacial score (nSPS) is 3.57. The molecule has 0 aromatic carbocycles. The molecule has 0 bridgehead atoms. The quantitative estimate of drug-likeness (QED) is 0.424. The summed E-state index contributed by atoms with van der Waals surface area (Å²) < 4.78 is 35.8. The van der Waals surface area contributed by atoms with Crippen LogP contribution in [-0.4, -0.2) is 59.0 Å². The van der Waals surface area contributed by atoms with Crippen molar-refractivity contribution < 1.29 is 12.4 Å². The van der Waals surface area contributed by atoms with E-state index in [1.165, 1.54) is 0 Å². The van der Waals surface area contributed by atoms with Crippen molar-refractivity contribution in [2.75, 3.05) is 0 Å². The third-order valence-electron chi connectivity index (χ3n) is 0. The van der Waals surface area contributed by atoms with Crippen molar-refractivity contribution in [2.45, 2.75) is 0 Å². The van der Waals surface area contributed by atoms with Crippen molar-refractivity contribution in [3.63, 3.8) is 0 Å². The molecule has 0 N–H and O–H groups in total. The first-order chi connectivity index (χ1) is 3.41. The third-order valence-corrected chi connectivity index (χ3v) is 0. The van der Waals surface area contributed by atoms with Gasteiger partial charge in [-0.25, -0.2) is 0 Å². The van der Waals surface area contributed by atoms with Crippen LogP contribution in [0.3, 0.4) is 0 Å². The zero-order chi connectivity index (χ0) is 6.71. The molecule has 0 saturated carbocycles. The molecule has 0 aromatic rings. The summed E-state index contributed by atoms with van der Waals surface area (Å²) in [6.07, 6.45) is 0. The third kappa shape index (κ3) is 113. The molecule has 7 heteroatoms. The summed E-state index contributed by atoms with van der Waals surface area (Å²) >= 11 is -2.86. The number of rotatable bonds is 0. The molecule has 37 valence electrons. The van der Waals surface area contributed by atoms with E-state index in [0.29, 0.717) is 0 Å². The van der Waals surface area contributed by atoms with Gasteiger partial charge >= 0.3 is 71.4 Å². The van der Waals surface area contributed by atoms with Gasteiger partial charge in [-0.2, -0.15) is 0 Å². The number of hydrogen-bond acceptors (Lipinski definition) is 2. The van der Waals surface area contributed by atoms with Crippen LogP contribution in [0.25, 0.3) is 0 Å². The van der Waals surface area contributed by atoms with E-state index >= 15 is 0 Å². The van der Waals surface area contributed by atoms with Gasteiger partial charge in [-0.15, -0.1) is 0 Å². The van der Waals surface area contributed by atoms with Crippen LogP contribution in [0.15, 0.2) is 0 Å². The van der Waals surface area contributed by atoms with Gasteiger partial charge in [-0.1, -0.05) is 0 Å². The average molecular weight is 495 g/mol. The minimum atomic E-state index is -2.92. The molecule has 0 spiro atoms. The van der Waals surface area contributed by atoms with Gasteiger partial charge in [-0.3, -0.25) is 0 Å². The first-order valence-corrected chi connectivity index (χ1v) is 5.34. The summed E-state index contributed by atoms with van der Waals surface area (Å²) in [7, 11) is 3.25. The van der Waals surface area contributed by atoms with E-state index in [1.54, 1.807) is 0 Å². The molecule has 0 heterocycles. The summed E-state index contributed by atoms with van der Waals surface area (Å²) in [6.45, 7) is 0. The predicted molar refractivity (Wildman–Crippen MR) is 20.9 cm³/mol. The molecule has 0 amide bonds. The summed E-state index contributed by atoms with van der Waals surface area (Å²) in [6, 6.07) is 0. The van der Waals surface area contributed by atoms with Crippen molar-refractivity contribution in [1.29, 1.82) is 0 Å². The first-order valence-electron chi connectivity index (χ1n) is 0.818. The molecule has 0 aliphatic heterocycles. The van der Waals surface area contributed by atoms with Crippen LogP contribution < -0.4 is 0 Å². The van der Waals surface area contributed by atoms with Gasteiger partial charge < -0.3 is 0 Å². The second-order valence-electron chi connectivity index (χ2n) is 0.0714. The van der Waals surface area contributed by atoms with Crippen molar-refractivity contribution in [3.8, 4) is 0 Å². The van der Waals surface area contributed by atoms with E-state index in [9.17, 15) is 5.02 Å². The monoisotopic (exact) mass is 497 g/mol. The van der Waals surface area contributed by atoms with Crippen molar-refractivity contribution in [2.24, 2.45) is 0 Å². The molecule has 5 radical (unpaired) electrons. The molecule has 0 fully saturated rings. The second kappa shape index (κ2) is 53.3. The van der Waals surface area contributed by atoms with E-state index < -0.39 is 25.5 Å². The van der Waals surface area contributed by atoms with Gasteiger partial charge in [0.05, 0.1) is 0 Å². The van der Waals surface area contributed by atoms with Gasteiger partial charge in [0, 0.05) is 0 Å². The minimum absolute atomic E-state index is 0.0556. The van der Waals surface area contributed by atoms with Crippen LogP contribution in [0.5, 0.6) is 0 Å². The summed E-state index contributed by atoms with van der Waals surface area (Å²) in [5, 5.41) is 0. The van der Waals surface area contributed by atoms with Crippen molar-refractivity contribution >= 4 is 59.0 Å². The Bertz CT molecular complexity index is 21.2. The number of halogens is 2. The summed E-state index contributed by atoms with van der Waals surface area (Å²) in [5.74, 6) is 0. The predicted octanol–water partition coefficient (Wildman–Crippen LogP) is -0.540. The van der Waals surface area contributed by atoms with Gasteiger partial charge in [0.15, 0.2) is 0 Å². The topological polar surface area (TPSA) is 34.1 Å². The van der Waals surface area contributed by atoms with Gasteiger partial charge in [0.1, 0.15) is 0 Å². The fraction of sp³-hybridized carbons (Fsp3) is 0. The summed E-state index contributed by atoms with van der Waals surface area (Å²) in [5.41, 5.74) is 0. The first kappa shape index (κ1) is 15.8. The molecular formula is BF2O2Pb2. The standard InChI is InChI=1S/BO.2FH.O.2Pb/c1-2;;;;;/h;2*1H;;;/q;;;;;+2/p-2. The van der Waals surface area contributed by atoms with E-state index in [-0.39, 0.29) is 25.8 Å². The second-order valence-corrected chi connectivity index (χ2v) is 0.627. The van der Waals surface area contributed by atoms with Crippen LogP contribution in [0, 0.1) is 0 Å². The van der Waals surface area contributed by atoms with Gasteiger partial charge in [-0.05, 0) is 0 Å². The Labute approximate surface area is 70.7 Å². The maximum atomic E-state index is 9.82. The molecule has 2 nitrogen and oxygen atoms in total. The fourth-order valence-corrected chi connectivity index (χ4v) is 0. The molecule has 0 aliphatic rings. The average Bonchev–Trinajstić information content (AvgIpc) is 1.78. The SMILES string of the molecule is [B]=O.[F][Pb][F].[O]=[Pb]. The van der Waals surface area contributed by atoms with Crippen LogP contribution >= 0.6 is 0 Å². The Morgan fingerprint density at radius 2 is 1.29 bits per heavy atom. The van der Waals surface area contributed by atoms with E-state index in [0.717, 1.165) is 0 Å².